The van der Waals surface area contributed by atoms with Crippen LogP contribution >= 0.6 is 11.6 Å². The summed E-state index contributed by atoms with van der Waals surface area (Å²) in [6.07, 6.45) is 1.33. The molecule has 1 aromatic carbocycles. The lowest BCUT2D eigenvalue weighted by atomic mass is 9.96. The van der Waals surface area contributed by atoms with E-state index in [1.54, 1.807) is 17.0 Å². The third-order valence-electron chi connectivity index (χ3n) is 3.67. The summed E-state index contributed by atoms with van der Waals surface area (Å²) in [5.74, 6) is 0.194. The molecule has 1 heterocycles. The molecule has 0 N–H and O–H groups in total. The molecule has 1 aromatic rings. The average Bonchev–Trinajstić information content (AvgIpc) is 2.53. The van der Waals surface area contributed by atoms with E-state index in [0.29, 0.717) is 37.4 Å². The van der Waals surface area contributed by atoms with Gasteiger partial charge in [0.15, 0.2) is 0 Å². The SMILES string of the molecule is COC(=O)C1CCN(C(=O)c2ccc(CCl)cc2)CC1. The molecule has 1 saturated heterocycles. The molecule has 5 heteroatoms. The topological polar surface area (TPSA) is 46.6 Å². The van der Waals surface area contributed by atoms with Gasteiger partial charge in [0, 0.05) is 24.5 Å². The lowest BCUT2D eigenvalue weighted by Crippen LogP contribution is -2.40. The Balaban J connectivity index is 1.95. The fourth-order valence-electron chi connectivity index (χ4n) is 2.40. The average molecular weight is 296 g/mol. The van der Waals surface area contributed by atoms with E-state index in [1.807, 2.05) is 12.1 Å². The van der Waals surface area contributed by atoms with Crippen LogP contribution in [0.25, 0.3) is 0 Å². The number of piperidine rings is 1. The van der Waals surface area contributed by atoms with Crippen LogP contribution < -0.4 is 0 Å². The van der Waals surface area contributed by atoms with Gasteiger partial charge in [-0.1, -0.05) is 12.1 Å². The minimum Gasteiger partial charge on any atom is -0.469 e. The number of nitrogens with zero attached hydrogens (tertiary/aromatic N) is 1. The first-order valence-electron chi connectivity index (χ1n) is 6.67. The van der Waals surface area contributed by atoms with Crippen LogP contribution in [0.1, 0.15) is 28.8 Å². The summed E-state index contributed by atoms with van der Waals surface area (Å²) < 4.78 is 4.74. The van der Waals surface area contributed by atoms with Crippen LogP contribution in [0.15, 0.2) is 24.3 Å². The molecule has 0 radical (unpaired) electrons. The molecule has 108 valence electrons. The van der Waals surface area contributed by atoms with Gasteiger partial charge in [-0.25, -0.2) is 0 Å². The summed E-state index contributed by atoms with van der Waals surface area (Å²) >= 11 is 5.73. The zero-order valence-corrected chi connectivity index (χ0v) is 12.2. The van der Waals surface area contributed by atoms with Crippen molar-refractivity contribution in [3.63, 3.8) is 0 Å². The van der Waals surface area contributed by atoms with E-state index >= 15 is 0 Å². The zero-order chi connectivity index (χ0) is 14.5. The fourth-order valence-corrected chi connectivity index (χ4v) is 2.58. The minimum atomic E-state index is -0.177. The second-order valence-electron chi connectivity index (χ2n) is 4.92. The van der Waals surface area contributed by atoms with Crippen molar-refractivity contribution in [3.05, 3.63) is 35.4 Å². The Bertz CT molecular complexity index is 478. The van der Waals surface area contributed by atoms with Gasteiger partial charge in [0.2, 0.25) is 0 Å². The van der Waals surface area contributed by atoms with E-state index in [1.165, 1.54) is 7.11 Å². The second-order valence-corrected chi connectivity index (χ2v) is 5.19. The van der Waals surface area contributed by atoms with Crippen molar-refractivity contribution in [1.29, 1.82) is 0 Å². The molecule has 0 aliphatic carbocycles. The Morgan fingerprint density at radius 2 is 1.85 bits per heavy atom. The lowest BCUT2D eigenvalue weighted by Gasteiger charge is -2.30. The summed E-state index contributed by atoms with van der Waals surface area (Å²) in [7, 11) is 1.40. The highest BCUT2D eigenvalue weighted by Crippen LogP contribution is 2.20. The third kappa shape index (κ3) is 3.31. The highest BCUT2D eigenvalue weighted by atomic mass is 35.5. The number of carbonyl (C=O) groups is 2. The second kappa shape index (κ2) is 6.75. The number of halogens is 1. The Hall–Kier alpha value is -1.55. The van der Waals surface area contributed by atoms with Gasteiger partial charge in [-0.15, -0.1) is 11.6 Å². The molecule has 1 amide bonds. The van der Waals surface area contributed by atoms with Gasteiger partial charge >= 0.3 is 5.97 Å². The van der Waals surface area contributed by atoms with E-state index < -0.39 is 0 Å². The van der Waals surface area contributed by atoms with Crippen molar-refractivity contribution in [2.24, 2.45) is 5.92 Å². The van der Waals surface area contributed by atoms with Crippen molar-refractivity contribution in [1.82, 2.24) is 4.90 Å². The predicted octanol–water partition coefficient (Wildman–Crippen LogP) is 2.45. The number of esters is 1. The van der Waals surface area contributed by atoms with Crippen LogP contribution in [-0.2, 0) is 15.4 Å². The molecule has 2 rings (SSSR count). The summed E-state index contributed by atoms with van der Waals surface area (Å²) in [6, 6.07) is 7.32. The largest absolute Gasteiger partial charge is 0.469 e. The number of rotatable bonds is 3. The number of ether oxygens (including phenoxy) is 1. The van der Waals surface area contributed by atoms with Gasteiger partial charge in [0.1, 0.15) is 0 Å². The van der Waals surface area contributed by atoms with Crippen LogP contribution in [0, 0.1) is 5.92 Å². The molecule has 0 saturated carbocycles. The van der Waals surface area contributed by atoms with Gasteiger partial charge in [-0.2, -0.15) is 0 Å². The number of amides is 1. The molecule has 1 aliphatic rings. The van der Waals surface area contributed by atoms with E-state index in [9.17, 15) is 9.59 Å². The van der Waals surface area contributed by atoms with Crippen LogP contribution in [0.4, 0.5) is 0 Å². The maximum absolute atomic E-state index is 12.3. The van der Waals surface area contributed by atoms with Crippen molar-refractivity contribution in [2.45, 2.75) is 18.7 Å². The van der Waals surface area contributed by atoms with Gasteiger partial charge in [-0.05, 0) is 30.5 Å². The minimum absolute atomic E-state index is 0.00874. The van der Waals surface area contributed by atoms with E-state index in [-0.39, 0.29) is 17.8 Å². The first kappa shape index (κ1) is 14.9. The van der Waals surface area contributed by atoms with Gasteiger partial charge in [0.05, 0.1) is 13.0 Å². The number of likely N-dealkylation sites (tertiary alicyclic amines) is 1. The maximum Gasteiger partial charge on any atom is 0.308 e. The standard InChI is InChI=1S/C15H18ClNO3/c1-20-15(19)13-6-8-17(9-7-13)14(18)12-4-2-11(10-16)3-5-12/h2-5,13H,6-10H2,1H3. The van der Waals surface area contributed by atoms with Crippen molar-refractivity contribution >= 4 is 23.5 Å². The van der Waals surface area contributed by atoms with Crippen molar-refractivity contribution in [3.8, 4) is 0 Å². The molecule has 0 unspecified atom stereocenters. The Kier molecular flexibility index (Phi) is 5.01. The van der Waals surface area contributed by atoms with Crippen LogP contribution in [0.3, 0.4) is 0 Å². The molecule has 20 heavy (non-hydrogen) atoms. The van der Waals surface area contributed by atoms with E-state index in [0.717, 1.165) is 5.56 Å². The smallest absolute Gasteiger partial charge is 0.308 e. The molecule has 0 aromatic heterocycles. The monoisotopic (exact) mass is 295 g/mol. The molecule has 1 fully saturated rings. The zero-order valence-electron chi connectivity index (χ0n) is 11.5. The fraction of sp³-hybridized carbons (Fsp3) is 0.467. The Labute approximate surface area is 123 Å². The number of benzene rings is 1. The van der Waals surface area contributed by atoms with Crippen molar-refractivity contribution < 1.29 is 14.3 Å². The quantitative estimate of drug-likeness (QED) is 0.636. The number of methoxy groups -OCH3 is 1. The maximum atomic E-state index is 12.3. The van der Waals surface area contributed by atoms with E-state index in [4.69, 9.17) is 16.3 Å². The Morgan fingerprint density at radius 3 is 2.35 bits per heavy atom. The molecular formula is C15H18ClNO3. The van der Waals surface area contributed by atoms with E-state index in [2.05, 4.69) is 0 Å². The first-order valence-corrected chi connectivity index (χ1v) is 7.21. The van der Waals surface area contributed by atoms with Crippen LogP contribution in [0.5, 0.6) is 0 Å². The molecule has 4 nitrogen and oxygen atoms in total. The lowest BCUT2D eigenvalue weighted by molar-refractivity contribution is -0.146. The molecule has 0 atom stereocenters. The van der Waals surface area contributed by atoms with Gasteiger partial charge in [0.25, 0.3) is 5.91 Å². The third-order valence-corrected chi connectivity index (χ3v) is 3.98. The van der Waals surface area contributed by atoms with Crippen molar-refractivity contribution in [2.75, 3.05) is 20.2 Å². The molecule has 1 aliphatic heterocycles. The number of hydrogen-bond donors (Lipinski definition) is 0. The number of hydrogen-bond acceptors (Lipinski definition) is 3. The highest BCUT2D eigenvalue weighted by Gasteiger charge is 2.28. The summed E-state index contributed by atoms with van der Waals surface area (Å²) in [5.41, 5.74) is 1.66. The number of alkyl halides is 1. The van der Waals surface area contributed by atoms with Gasteiger partial charge in [-0.3, -0.25) is 9.59 Å². The Morgan fingerprint density at radius 1 is 1.25 bits per heavy atom. The van der Waals surface area contributed by atoms with Gasteiger partial charge < -0.3 is 9.64 Å². The highest BCUT2D eigenvalue weighted by molar-refractivity contribution is 6.17. The molecule has 0 bridgehead atoms. The summed E-state index contributed by atoms with van der Waals surface area (Å²) in [6.45, 7) is 1.19. The molecular weight excluding hydrogens is 278 g/mol. The predicted molar refractivity (Wildman–Crippen MR) is 76.6 cm³/mol. The first-order chi connectivity index (χ1) is 9.65. The summed E-state index contributed by atoms with van der Waals surface area (Å²) in [4.78, 5) is 25.6. The summed E-state index contributed by atoms with van der Waals surface area (Å²) in [5, 5.41) is 0. The van der Waals surface area contributed by atoms with Crippen LogP contribution in [-0.4, -0.2) is 37.0 Å². The number of carbonyl (C=O) groups excluding carboxylic acids is 2. The molecule has 0 spiro atoms. The normalized spacial score (nSPS) is 16.0. The van der Waals surface area contributed by atoms with Crippen LogP contribution in [0.2, 0.25) is 0 Å².